The highest BCUT2D eigenvalue weighted by molar-refractivity contribution is 7.00. The first-order chi connectivity index (χ1) is 31.5. The summed E-state index contributed by atoms with van der Waals surface area (Å²) in [7, 11) is 0. The zero-order chi connectivity index (χ0) is 43.6. The molecule has 15 rings (SSSR count). The molecule has 0 amide bonds. The van der Waals surface area contributed by atoms with Crippen LogP contribution in [0, 0.1) is 33.5 Å². The van der Waals surface area contributed by atoms with E-state index in [0.717, 1.165) is 0 Å². The van der Waals surface area contributed by atoms with Crippen LogP contribution in [0.15, 0.2) is 152 Å². The minimum atomic E-state index is -0.0404. The third-order valence-electron chi connectivity index (χ3n) is 21.5. The Morgan fingerprint density at radius 3 is 1.57 bits per heavy atom. The van der Waals surface area contributed by atoms with Crippen LogP contribution in [0.4, 0.5) is 34.1 Å². The van der Waals surface area contributed by atoms with Gasteiger partial charge in [0.1, 0.15) is 0 Å². The maximum Gasteiger partial charge on any atom is 0.252 e. The van der Waals surface area contributed by atoms with E-state index >= 15 is 0 Å². The fourth-order valence-corrected chi connectivity index (χ4v) is 17.8. The number of anilines is 6. The molecule has 6 atom stereocenters. The molecule has 6 aliphatic carbocycles. The van der Waals surface area contributed by atoms with Crippen LogP contribution in [0.5, 0.6) is 0 Å². The van der Waals surface area contributed by atoms with Crippen molar-refractivity contribution in [3.05, 3.63) is 174 Å². The van der Waals surface area contributed by atoms with Crippen LogP contribution in [0.3, 0.4) is 0 Å². The highest BCUT2D eigenvalue weighted by Crippen LogP contribution is 2.80. The van der Waals surface area contributed by atoms with Gasteiger partial charge in [-0.05, 0) is 158 Å². The third kappa shape index (κ3) is 3.86. The van der Waals surface area contributed by atoms with Gasteiger partial charge in [0.05, 0.1) is 5.69 Å². The van der Waals surface area contributed by atoms with E-state index in [0.29, 0.717) is 11.8 Å². The Labute approximate surface area is 385 Å². The Morgan fingerprint density at radius 2 is 0.938 bits per heavy atom. The highest BCUT2D eigenvalue weighted by Gasteiger charge is 2.73. The molecule has 0 saturated heterocycles. The van der Waals surface area contributed by atoms with Gasteiger partial charge >= 0.3 is 0 Å². The summed E-state index contributed by atoms with van der Waals surface area (Å²) in [5.74, 6) is 1.41. The zero-order valence-corrected chi connectivity index (χ0v) is 38.8. The minimum Gasteiger partial charge on any atom is -0.311 e. The molecule has 4 saturated carbocycles. The van der Waals surface area contributed by atoms with Gasteiger partial charge in [-0.1, -0.05) is 157 Å². The van der Waals surface area contributed by atoms with Crippen LogP contribution >= 0.6 is 0 Å². The summed E-state index contributed by atoms with van der Waals surface area (Å²) < 4.78 is 0. The van der Waals surface area contributed by atoms with Crippen molar-refractivity contribution in [2.45, 2.75) is 90.9 Å². The van der Waals surface area contributed by atoms with Gasteiger partial charge < -0.3 is 9.80 Å². The van der Waals surface area contributed by atoms with Gasteiger partial charge in [-0.2, -0.15) is 0 Å². The topological polar surface area (TPSA) is 6.48 Å². The van der Waals surface area contributed by atoms with Crippen LogP contribution in [0.25, 0.3) is 22.3 Å². The molecule has 0 aromatic heterocycles. The van der Waals surface area contributed by atoms with E-state index in [9.17, 15) is 0 Å². The Bertz CT molecular complexity index is 3270. The van der Waals surface area contributed by atoms with Gasteiger partial charge in [0.2, 0.25) is 0 Å². The van der Waals surface area contributed by atoms with Crippen molar-refractivity contribution in [3.63, 3.8) is 0 Å². The molecule has 0 N–H and O–H groups in total. The van der Waals surface area contributed by atoms with Crippen LogP contribution in [-0.4, -0.2) is 6.71 Å². The van der Waals surface area contributed by atoms with Crippen molar-refractivity contribution in [2.24, 2.45) is 33.5 Å². The zero-order valence-electron chi connectivity index (χ0n) is 38.8. The minimum absolute atomic E-state index is 0.0276. The van der Waals surface area contributed by atoms with E-state index in [1.165, 1.54) is 111 Å². The fourth-order valence-electron chi connectivity index (χ4n) is 17.8. The van der Waals surface area contributed by atoms with Crippen LogP contribution in [-0.2, 0) is 10.8 Å². The predicted octanol–water partition coefficient (Wildman–Crippen LogP) is 14.0. The van der Waals surface area contributed by atoms with Gasteiger partial charge in [0.25, 0.3) is 6.71 Å². The number of para-hydroxylation sites is 2. The van der Waals surface area contributed by atoms with Gasteiger partial charge in [-0.3, -0.25) is 0 Å². The second kappa shape index (κ2) is 11.8. The molecule has 65 heavy (non-hydrogen) atoms. The second-order valence-electron chi connectivity index (χ2n) is 23.2. The van der Waals surface area contributed by atoms with Crippen molar-refractivity contribution in [2.75, 3.05) is 9.80 Å². The molecule has 4 bridgehead atoms. The average molecular weight is 841 g/mol. The summed E-state index contributed by atoms with van der Waals surface area (Å²) in [4.78, 5) is 5.37. The van der Waals surface area contributed by atoms with Crippen molar-refractivity contribution in [1.82, 2.24) is 0 Å². The maximum atomic E-state index is 2.83. The Balaban J connectivity index is 1.08. The predicted molar refractivity (Wildman–Crippen MR) is 271 cm³/mol. The Kier molecular flexibility index (Phi) is 6.78. The molecule has 318 valence electrons. The quantitative estimate of drug-likeness (QED) is 0.160. The SMILES string of the molecule is CC1(C)[C@H]2CCC1(C)[C@@]1(C2)c2ccccc2-c2c(N3c4cccc5c4B(c4ccccc4N5c4ccccc4)c4ccc5c(c43)-c3ccccc3[C@@]53C[C@H]4CC[C@]3(C)C4(C)C)cccc21. The average Bonchev–Trinajstić information content (AvgIpc) is 4.03. The van der Waals surface area contributed by atoms with E-state index in [-0.39, 0.29) is 39.2 Å². The monoisotopic (exact) mass is 840 g/mol. The summed E-state index contributed by atoms with van der Waals surface area (Å²) in [6.07, 6.45) is 7.68. The summed E-state index contributed by atoms with van der Waals surface area (Å²) >= 11 is 0. The highest BCUT2D eigenvalue weighted by atomic mass is 15.2. The standard InChI is InChI=1S/C62H57BN2/c1-57(2)38-32-34-59(57,5)61(36-38)43-22-12-10-20-41(43)53-45(61)24-16-27-50(53)65-52-29-17-28-51-55(52)63(47-25-14-15-26-49(47)64(51)40-18-8-7-9-19-40)48-31-30-46-54(56(48)65)42-21-11-13-23-44(42)62(46)37-39-33-35-60(62,6)58(39,3)4/h7-31,38-39H,32-37H2,1-6H3/t38-,39+,59?,60+,61-,62-/m0/s1. The van der Waals surface area contributed by atoms with Gasteiger partial charge in [-0.25, -0.2) is 0 Å². The van der Waals surface area contributed by atoms with Crippen LogP contribution < -0.4 is 26.2 Å². The van der Waals surface area contributed by atoms with Crippen LogP contribution in [0.2, 0.25) is 0 Å². The smallest absolute Gasteiger partial charge is 0.252 e. The van der Waals surface area contributed by atoms with Gasteiger partial charge in [0, 0.05) is 50.4 Å². The Hall–Kier alpha value is -5.80. The molecule has 8 aliphatic rings. The lowest BCUT2D eigenvalue weighted by Crippen LogP contribution is -2.61. The van der Waals surface area contributed by atoms with Crippen molar-refractivity contribution < 1.29 is 0 Å². The normalized spacial score (nSPS) is 30.0. The first-order valence-corrected chi connectivity index (χ1v) is 24.9. The van der Waals surface area contributed by atoms with Crippen molar-refractivity contribution >= 4 is 57.2 Å². The fraction of sp³-hybridized carbons (Fsp3) is 0.323. The lowest BCUT2D eigenvalue weighted by atomic mass is 9.33. The largest absolute Gasteiger partial charge is 0.311 e. The van der Waals surface area contributed by atoms with E-state index in [1.54, 1.807) is 22.3 Å². The first kappa shape index (κ1) is 37.4. The molecule has 2 heterocycles. The molecule has 2 aliphatic heterocycles. The molecule has 7 aromatic rings. The summed E-state index contributed by atoms with van der Waals surface area (Å²) in [5.41, 5.74) is 24.8. The summed E-state index contributed by atoms with van der Waals surface area (Å²) in [6.45, 7) is 15.8. The number of rotatable bonds is 2. The number of hydrogen-bond donors (Lipinski definition) is 0. The summed E-state index contributed by atoms with van der Waals surface area (Å²) in [5, 5.41) is 0. The molecule has 2 spiro atoms. The van der Waals surface area contributed by atoms with E-state index in [4.69, 9.17) is 0 Å². The van der Waals surface area contributed by atoms with Crippen LogP contribution in [0.1, 0.15) is 102 Å². The first-order valence-electron chi connectivity index (χ1n) is 24.9. The maximum absolute atomic E-state index is 2.83. The molecule has 3 heteroatoms. The molecule has 0 radical (unpaired) electrons. The molecule has 4 fully saturated rings. The van der Waals surface area contributed by atoms with Crippen molar-refractivity contribution in [3.8, 4) is 22.3 Å². The molecular weight excluding hydrogens is 784 g/mol. The van der Waals surface area contributed by atoms with E-state index in [1.807, 2.05) is 0 Å². The lowest BCUT2D eigenvalue weighted by Gasteiger charge is -2.49. The molecule has 7 aromatic carbocycles. The van der Waals surface area contributed by atoms with Gasteiger partial charge in [-0.15, -0.1) is 0 Å². The van der Waals surface area contributed by atoms with E-state index in [2.05, 4.69) is 203 Å². The Morgan fingerprint density at radius 1 is 0.431 bits per heavy atom. The summed E-state index contributed by atoms with van der Waals surface area (Å²) in [6, 6.07) is 59.7. The second-order valence-corrected chi connectivity index (χ2v) is 23.2. The molecule has 2 nitrogen and oxygen atoms in total. The number of fused-ring (bicyclic) bond motifs is 21. The van der Waals surface area contributed by atoms with Crippen molar-refractivity contribution in [1.29, 1.82) is 0 Å². The number of nitrogens with zero attached hydrogens (tertiary/aromatic N) is 2. The number of benzene rings is 7. The molecular formula is C62H57BN2. The lowest BCUT2D eigenvalue weighted by molar-refractivity contribution is 0.0990. The third-order valence-corrected chi connectivity index (χ3v) is 21.5. The molecule has 1 unspecified atom stereocenters. The van der Waals surface area contributed by atoms with E-state index < -0.39 is 0 Å². The number of hydrogen-bond acceptors (Lipinski definition) is 2. The van der Waals surface area contributed by atoms with Gasteiger partial charge in [0.15, 0.2) is 0 Å².